The third-order valence-corrected chi connectivity index (χ3v) is 4.03. The van der Waals surface area contributed by atoms with Gasteiger partial charge in [-0.15, -0.1) is 11.3 Å². The number of carboxylic acid groups (broad SMARTS) is 1. The lowest BCUT2D eigenvalue weighted by Gasteiger charge is -2.14. The summed E-state index contributed by atoms with van der Waals surface area (Å²) in [7, 11) is 0. The van der Waals surface area contributed by atoms with Gasteiger partial charge >= 0.3 is 5.97 Å². The van der Waals surface area contributed by atoms with Crippen LogP contribution in [-0.2, 0) is 11.3 Å². The summed E-state index contributed by atoms with van der Waals surface area (Å²) in [5.41, 5.74) is 1.95. The molecule has 1 atom stereocenters. The van der Waals surface area contributed by atoms with Gasteiger partial charge in [-0.25, -0.2) is 0 Å². The van der Waals surface area contributed by atoms with Crippen LogP contribution in [0, 0.1) is 13.8 Å². The normalized spacial score (nSPS) is 12.3. The lowest BCUT2D eigenvalue weighted by molar-refractivity contribution is -0.139. The van der Waals surface area contributed by atoms with Crippen molar-refractivity contribution in [3.05, 3.63) is 57.3 Å². The van der Waals surface area contributed by atoms with Gasteiger partial charge in [0.2, 0.25) is 0 Å². The molecule has 0 spiro atoms. The third-order valence-electron chi connectivity index (χ3n) is 3.02. The minimum atomic E-state index is -0.851. The van der Waals surface area contributed by atoms with Crippen molar-refractivity contribution in [2.75, 3.05) is 0 Å². The molecule has 1 aromatic heterocycles. The highest BCUT2D eigenvalue weighted by atomic mass is 32.1. The van der Waals surface area contributed by atoms with Crippen molar-refractivity contribution in [3.63, 3.8) is 0 Å². The predicted octanol–water partition coefficient (Wildman–Crippen LogP) is 3.28. The summed E-state index contributed by atoms with van der Waals surface area (Å²) in [4.78, 5) is 13.8. The zero-order chi connectivity index (χ0) is 13.8. The Morgan fingerprint density at radius 2 is 2.00 bits per heavy atom. The third kappa shape index (κ3) is 3.43. The maximum Gasteiger partial charge on any atom is 0.325 e. The van der Waals surface area contributed by atoms with Crippen molar-refractivity contribution < 1.29 is 9.90 Å². The number of hydrogen-bond acceptors (Lipinski definition) is 3. The number of thiophene rings is 1. The molecule has 0 aliphatic heterocycles. The molecule has 0 radical (unpaired) electrons. The molecule has 0 aliphatic rings. The van der Waals surface area contributed by atoms with E-state index in [1.807, 2.05) is 30.3 Å². The molecular formula is C15H17NO2S. The lowest BCUT2D eigenvalue weighted by atomic mass is 10.1. The van der Waals surface area contributed by atoms with Gasteiger partial charge in [0.1, 0.15) is 6.04 Å². The number of carbonyl (C=O) groups is 1. The predicted molar refractivity (Wildman–Crippen MR) is 77.5 cm³/mol. The van der Waals surface area contributed by atoms with E-state index in [-0.39, 0.29) is 0 Å². The van der Waals surface area contributed by atoms with Crippen molar-refractivity contribution in [1.29, 1.82) is 0 Å². The molecule has 0 saturated carbocycles. The number of carboxylic acids is 1. The number of rotatable bonds is 5. The van der Waals surface area contributed by atoms with Crippen LogP contribution >= 0.6 is 11.3 Å². The van der Waals surface area contributed by atoms with Crippen LogP contribution in [0.1, 0.15) is 26.9 Å². The maximum absolute atomic E-state index is 11.4. The van der Waals surface area contributed by atoms with Crippen molar-refractivity contribution in [2.45, 2.75) is 26.4 Å². The highest BCUT2D eigenvalue weighted by Crippen LogP contribution is 2.21. The average Bonchev–Trinajstić information content (AvgIpc) is 2.69. The Labute approximate surface area is 116 Å². The van der Waals surface area contributed by atoms with Crippen LogP contribution < -0.4 is 5.32 Å². The molecule has 4 heteroatoms. The van der Waals surface area contributed by atoms with Crippen LogP contribution in [-0.4, -0.2) is 11.1 Å². The summed E-state index contributed by atoms with van der Waals surface area (Å²) < 4.78 is 0. The van der Waals surface area contributed by atoms with Crippen molar-refractivity contribution in [2.24, 2.45) is 0 Å². The van der Waals surface area contributed by atoms with Crippen molar-refractivity contribution in [1.82, 2.24) is 5.32 Å². The van der Waals surface area contributed by atoms with Gasteiger partial charge < -0.3 is 5.11 Å². The number of aryl methyl sites for hydroxylation is 2. The van der Waals surface area contributed by atoms with Crippen molar-refractivity contribution >= 4 is 17.3 Å². The molecule has 0 amide bonds. The van der Waals surface area contributed by atoms with Gasteiger partial charge in [-0.3, -0.25) is 10.1 Å². The van der Waals surface area contributed by atoms with Crippen molar-refractivity contribution in [3.8, 4) is 0 Å². The SMILES string of the molecule is Cc1cc(CNC(C(=O)O)c2ccccc2)c(C)s1. The van der Waals surface area contributed by atoms with E-state index in [1.54, 1.807) is 11.3 Å². The molecule has 100 valence electrons. The van der Waals surface area contributed by atoms with E-state index in [2.05, 4.69) is 25.2 Å². The molecule has 0 aliphatic carbocycles. The Morgan fingerprint density at radius 1 is 1.32 bits per heavy atom. The summed E-state index contributed by atoms with van der Waals surface area (Å²) in [5, 5.41) is 12.4. The molecule has 0 saturated heterocycles. The fraction of sp³-hybridized carbons (Fsp3) is 0.267. The summed E-state index contributed by atoms with van der Waals surface area (Å²) in [6.45, 7) is 4.70. The Bertz CT molecular complexity index is 563. The second-order valence-corrected chi connectivity index (χ2v) is 5.96. The van der Waals surface area contributed by atoms with E-state index in [0.29, 0.717) is 6.54 Å². The fourth-order valence-electron chi connectivity index (χ4n) is 2.06. The highest BCUT2D eigenvalue weighted by molar-refractivity contribution is 7.12. The fourth-order valence-corrected chi connectivity index (χ4v) is 3.01. The molecular weight excluding hydrogens is 258 g/mol. The van der Waals surface area contributed by atoms with Crippen LogP contribution in [0.4, 0.5) is 0 Å². The smallest absolute Gasteiger partial charge is 0.325 e. The van der Waals surface area contributed by atoms with E-state index in [1.165, 1.54) is 15.3 Å². The standard InChI is InChI=1S/C15H17NO2S/c1-10-8-13(11(2)19-10)9-16-14(15(17)18)12-6-4-3-5-7-12/h3-8,14,16H,9H2,1-2H3,(H,17,18). The number of benzene rings is 1. The highest BCUT2D eigenvalue weighted by Gasteiger charge is 2.19. The monoisotopic (exact) mass is 275 g/mol. The van der Waals surface area contributed by atoms with Gasteiger partial charge in [0.25, 0.3) is 0 Å². The van der Waals surface area contributed by atoms with Crippen LogP contribution in [0.15, 0.2) is 36.4 Å². The minimum Gasteiger partial charge on any atom is -0.480 e. The van der Waals surface area contributed by atoms with Crippen LogP contribution in [0.5, 0.6) is 0 Å². The van der Waals surface area contributed by atoms with Gasteiger partial charge in [-0.05, 0) is 31.0 Å². The Balaban J connectivity index is 2.10. The molecule has 2 aromatic rings. The van der Waals surface area contributed by atoms with Crippen LogP contribution in [0.2, 0.25) is 0 Å². The van der Waals surface area contributed by atoms with E-state index in [9.17, 15) is 9.90 Å². The van der Waals surface area contributed by atoms with Gasteiger partial charge in [0.15, 0.2) is 0 Å². The molecule has 1 unspecified atom stereocenters. The van der Waals surface area contributed by atoms with Gasteiger partial charge in [-0.1, -0.05) is 30.3 Å². The Kier molecular flexibility index (Phi) is 4.35. The zero-order valence-corrected chi connectivity index (χ0v) is 11.8. The summed E-state index contributed by atoms with van der Waals surface area (Å²) in [6.07, 6.45) is 0. The average molecular weight is 275 g/mol. The minimum absolute atomic E-state index is 0.571. The second kappa shape index (κ2) is 5.99. The molecule has 3 nitrogen and oxygen atoms in total. The molecule has 19 heavy (non-hydrogen) atoms. The molecule has 2 rings (SSSR count). The number of nitrogens with one attached hydrogen (secondary N) is 1. The lowest BCUT2D eigenvalue weighted by Crippen LogP contribution is -2.28. The first kappa shape index (κ1) is 13.8. The Hall–Kier alpha value is -1.65. The first-order chi connectivity index (χ1) is 9.08. The molecule has 0 fully saturated rings. The summed E-state index contributed by atoms with van der Waals surface area (Å²) >= 11 is 1.74. The van der Waals surface area contributed by atoms with Gasteiger partial charge in [0.05, 0.1) is 0 Å². The first-order valence-corrected chi connectivity index (χ1v) is 6.96. The summed E-state index contributed by atoms with van der Waals surface area (Å²) in [5.74, 6) is -0.851. The largest absolute Gasteiger partial charge is 0.480 e. The van der Waals surface area contributed by atoms with Gasteiger partial charge in [-0.2, -0.15) is 0 Å². The zero-order valence-electron chi connectivity index (χ0n) is 11.0. The van der Waals surface area contributed by atoms with E-state index in [4.69, 9.17) is 0 Å². The van der Waals surface area contributed by atoms with E-state index >= 15 is 0 Å². The first-order valence-electron chi connectivity index (χ1n) is 6.15. The van der Waals surface area contributed by atoms with Crippen LogP contribution in [0.3, 0.4) is 0 Å². The Morgan fingerprint density at radius 3 is 2.53 bits per heavy atom. The van der Waals surface area contributed by atoms with Crippen LogP contribution in [0.25, 0.3) is 0 Å². The molecule has 2 N–H and O–H groups in total. The summed E-state index contributed by atoms with van der Waals surface area (Å²) in [6, 6.07) is 10.7. The number of aliphatic carboxylic acids is 1. The van der Waals surface area contributed by atoms with Gasteiger partial charge in [0, 0.05) is 16.3 Å². The topological polar surface area (TPSA) is 49.3 Å². The molecule has 1 aromatic carbocycles. The van der Waals surface area contributed by atoms with E-state index in [0.717, 1.165) is 5.56 Å². The quantitative estimate of drug-likeness (QED) is 0.880. The number of hydrogen-bond donors (Lipinski definition) is 2. The van der Waals surface area contributed by atoms with E-state index < -0.39 is 12.0 Å². The molecule has 0 bridgehead atoms. The maximum atomic E-state index is 11.4. The molecule has 1 heterocycles. The second-order valence-electron chi connectivity index (χ2n) is 4.50.